The smallest absolute Gasteiger partial charge is 0.259 e. The van der Waals surface area contributed by atoms with Gasteiger partial charge in [-0.2, -0.15) is 0 Å². The average molecular weight is 298 g/mol. The Bertz CT molecular complexity index is 522. The fourth-order valence-corrected chi connectivity index (χ4v) is 2.29. The minimum Gasteiger partial charge on any atom is -0.472 e. The lowest BCUT2D eigenvalue weighted by Gasteiger charge is -2.22. The van der Waals surface area contributed by atoms with Crippen LogP contribution >= 0.6 is 15.9 Å². The standard InChI is InChI=1S/C11H12BrN3O2/c12-9-7-15-4-3-13-10(15)11(14-9)17-8-1-5-16-6-2-8/h3-4,7-8H,1-2,5-6H2. The zero-order valence-corrected chi connectivity index (χ0v) is 10.8. The van der Waals surface area contributed by atoms with Gasteiger partial charge in [0.2, 0.25) is 5.65 Å². The first-order valence-corrected chi connectivity index (χ1v) is 6.36. The molecular weight excluding hydrogens is 286 g/mol. The molecule has 5 nitrogen and oxygen atoms in total. The minimum absolute atomic E-state index is 0.172. The van der Waals surface area contributed by atoms with Gasteiger partial charge in [-0.1, -0.05) is 0 Å². The molecule has 17 heavy (non-hydrogen) atoms. The van der Waals surface area contributed by atoms with E-state index >= 15 is 0 Å². The summed E-state index contributed by atoms with van der Waals surface area (Å²) in [5.41, 5.74) is 0.750. The van der Waals surface area contributed by atoms with Crippen LogP contribution in [-0.2, 0) is 4.74 Å². The summed E-state index contributed by atoms with van der Waals surface area (Å²) in [7, 11) is 0. The highest BCUT2D eigenvalue weighted by molar-refractivity contribution is 9.10. The molecule has 6 heteroatoms. The summed E-state index contributed by atoms with van der Waals surface area (Å²) in [4.78, 5) is 8.59. The van der Waals surface area contributed by atoms with Crippen molar-refractivity contribution >= 4 is 21.6 Å². The van der Waals surface area contributed by atoms with Crippen LogP contribution in [-0.4, -0.2) is 33.7 Å². The van der Waals surface area contributed by atoms with Crippen molar-refractivity contribution in [2.45, 2.75) is 18.9 Å². The van der Waals surface area contributed by atoms with Crippen molar-refractivity contribution in [1.29, 1.82) is 0 Å². The van der Waals surface area contributed by atoms with Crippen molar-refractivity contribution in [3.8, 4) is 5.88 Å². The third-order valence-corrected chi connectivity index (χ3v) is 3.14. The summed E-state index contributed by atoms with van der Waals surface area (Å²) in [6, 6.07) is 0. The van der Waals surface area contributed by atoms with Crippen molar-refractivity contribution in [1.82, 2.24) is 14.4 Å². The quantitative estimate of drug-likeness (QED) is 0.851. The van der Waals surface area contributed by atoms with Crippen molar-refractivity contribution in [3.05, 3.63) is 23.2 Å². The predicted molar refractivity (Wildman–Crippen MR) is 65.2 cm³/mol. The highest BCUT2D eigenvalue weighted by Crippen LogP contribution is 2.22. The monoisotopic (exact) mass is 297 g/mol. The molecule has 0 aliphatic carbocycles. The molecule has 0 N–H and O–H groups in total. The number of fused-ring (bicyclic) bond motifs is 1. The molecule has 0 amide bonds. The molecule has 0 unspecified atom stereocenters. The molecule has 0 bridgehead atoms. The molecule has 0 radical (unpaired) electrons. The number of rotatable bonds is 2. The zero-order valence-electron chi connectivity index (χ0n) is 9.17. The summed E-state index contributed by atoms with van der Waals surface area (Å²) < 4.78 is 13.8. The molecule has 1 fully saturated rings. The number of halogens is 1. The van der Waals surface area contributed by atoms with E-state index in [1.807, 2.05) is 16.8 Å². The maximum atomic E-state index is 5.90. The van der Waals surface area contributed by atoms with Gasteiger partial charge in [0.1, 0.15) is 10.7 Å². The maximum Gasteiger partial charge on any atom is 0.259 e. The van der Waals surface area contributed by atoms with E-state index < -0.39 is 0 Å². The van der Waals surface area contributed by atoms with Crippen LogP contribution in [0, 0.1) is 0 Å². The Morgan fingerprint density at radius 1 is 1.41 bits per heavy atom. The molecule has 1 aliphatic heterocycles. The minimum atomic E-state index is 0.172. The molecule has 0 atom stereocenters. The van der Waals surface area contributed by atoms with E-state index in [0.717, 1.165) is 36.3 Å². The highest BCUT2D eigenvalue weighted by atomic mass is 79.9. The molecule has 0 saturated carbocycles. The Kier molecular flexibility index (Phi) is 2.98. The second kappa shape index (κ2) is 4.62. The number of ether oxygens (including phenoxy) is 2. The molecule has 0 spiro atoms. The summed E-state index contributed by atoms with van der Waals surface area (Å²) in [5, 5.41) is 0. The Morgan fingerprint density at radius 3 is 3.06 bits per heavy atom. The van der Waals surface area contributed by atoms with Gasteiger partial charge >= 0.3 is 0 Å². The van der Waals surface area contributed by atoms with Crippen molar-refractivity contribution in [2.24, 2.45) is 0 Å². The van der Waals surface area contributed by atoms with Crippen LogP contribution in [0.5, 0.6) is 5.88 Å². The lowest BCUT2D eigenvalue weighted by molar-refractivity contribution is 0.0241. The summed E-state index contributed by atoms with van der Waals surface area (Å²) in [5.74, 6) is 0.580. The number of imidazole rings is 1. The Balaban J connectivity index is 1.90. The maximum absolute atomic E-state index is 5.90. The topological polar surface area (TPSA) is 48.7 Å². The largest absolute Gasteiger partial charge is 0.472 e. The van der Waals surface area contributed by atoms with Crippen LogP contribution in [0.2, 0.25) is 0 Å². The van der Waals surface area contributed by atoms with E-state index in [1.54, 1.807) is 6.20 Å². The summed E-state index contributed by atoms with van der Waals surface area (Å²) >= 11 is 3.37. The molecule has 2 aromatic rings. The third kappa shape index (κ3) is 2.28. The van der Waals surface area contributed by atoms with E-state index in [1.165, 1.54) is 0 Å². The van der Waals surface area contributed by atoms with Gasteiger partial charge in [0.15, 0.2) is 0 Å². The van der Waals surface area contributed by atoms with Crippen LogP contribution in [0.15, 0.2) is 23.2 Å². The molecule has 2 aromatic heterocycles. The van der Waals surface area contributed by atoms with Crippen LogP contribution < -0.4 is 4.74 Å². The Morgan fingerprint density at radius 2 is 2.24 bits per heavy atom. The molecule has 0 aromatic carbocycles. The predicted octanol–water partition coefficient (Wildman–Crippen LogP) is 2.05. The van der Waals surface area contributed by atoms with Crippen LogP contribution in [0.3, 0.4) is 0 Å². The van der Waals surface area contributed by atoms with Crippen LogP contribution in [0.25, 0.3) is 5.65 Å². The van der Waals surface area contributed by atoms with E-state index in [4.69, 9.17) is 9.47 Å². The molecule has 3 rings (SSSR count). The van der Waals surface area contributed by atoms with Gasteiger partial charge in [0.25, 0.3) is 5.88 Å². The molecule has 1 saturated heterocycles. The fourth-order valence-electron chi connectivity index (χ4n) is 1.90. The SMILES string of the molecule is Brc1cn2ccnc2c(OC2CCOCC2)n1. The lowest BCUT2D eigenvalue weighted by Crippen LogP contribution is -2.26. The number of hydrogen-bond acceptors (Lipinski definition) is 4. The van der Waals surface area contributed by atoms with Crippen molar-refractivity contribution < 1.29 is 9.47 Å². The molecule has 3 heterocycles. The number of aromatic nitrogens is 3. The van der Waals surface area contributed by atoms with Crippen molar-refractivity contribution in [2.75, 3.05) is 13.2 Å². The first-order valence-electron chi connectivity index (χ1n) is 5.56. The van der Waals surface area contributed by atoms with Gasteiger partial charge in [-0.3, -0.25) is 4.40 Å². The van der Waals surface area contributed by atoms with Gasteiger partial charge in [-0.05, 0) is 15.9 Å². The second-order valence-electron chi connectivity index (χ2n) is 3.96. The van der Waals surface area contributed by atoms with Crippen LogP contribution in [0.4, 0.5) is 0 Å². The van der Waals surface area contributed by atoms with E-state index in [0.29, 0.717) is 5.88 Å². The van der Waals surface area contributed by atoms with Gasteiger partial charge in [-0.15, -0.1) is 0 Å². The van der Waals surface area contributed by atoms with Gasteiger partial charge in [0.05, 0.1) is 13.2 Å². The average Bonchev–Trinajstić information content (AvgIpc) is 2.78. The van der Waals surface area contributed by atoms with Gasteiger partial charge < -0.3 is 9.47 Å². The fraction of sp³-hybridized carbons (Fsp3) is 0.455. The van der Waals surface area contributed by atoms with E-state index in [2.05, 4.69) is 25.9 Å². The van der Waals surface area contributed by atoms with Crippen LogP contribution in [0.1, 0.15) is 12.8 Å². The number of hydrogen-bond donors (Lipinski definition) is 0. The normalized spacial score (nSPS) is 17.5. The van der Waals surface area contributed by atoms with Crippen molar-refractivity contribution in [3.63, 3.8) is 0 Å². The molecular formula is C11H12BrN3O2. The van der Waals surface area contributed by atoms with Gasteiger partial charge in [0, 0.05) is 31.4 Å². The molecule has 1 aliphatic rings. The highest BCUT2D eigenvalue weighted by Gasteiger charge is 2.18. The second-order valence-corrected chi connectivity index (χ2v) is 4.77. The van der Waals surface area contributed by atoms with E-state index in [-0.39, 0.29) is 6.10 Å². The Hall–Kier alpha value is -1.14. The molecule has 90 valence electrons. The zero-order chi connectivity index (χ0) is 11.7. The first kappa shape index (κ1) is 11.0. The summed E-state index contributed by atoms with van der Waals surface area (Å²) in [6.45, 7) is 1.51. The van der Waals surface area contributed by atoms with E-state index in [9.17, 15) is 0 Å². The number of nitrogens with zero attached hydrogens (tertiary/aromatic N) is 3. The Labute approximate surface area is 107 Å². The van der Waals surface area contributed by atoms with Gasteiger partial charge in [-0.25, -0.2) is 9.97 Å². The lowest BCUT2D eigenvalue weighted by atomic mass is 10.2. The summed E-state index contributed by atoms with van der Waals surface area (Å²) in [6.07, 6.45) is 7.45. The third-order valence-electron chi connectivity index (χ3n) is 2.76. The first-order chi connectivity index (χ1) is 8.33.